The van der Waals surface area contributed by atoms with E-state index in [4.69, 9.17) is 0 Å². The van der Waals surface area contributed by atoms with Crippen molar-refractivity contribution in [2.45, 2.75) is 82.0 Å². The molecule has 2 aliphatic heterocycles. The lowest BCUT2D eigenvalue weighted by Crippen LogP contribution is -2.57. The molecule has 1 aromatic heterocycles. The number of hydrogen-bond donors (Lipinski definition) is 3. The highest BCUT2D eigenvalue weighted by atomic mass is 19.1. The Bertz CT molecular complexity index is 1470. The number of halogens is 1. The van der Waals surface area contributed by atoms with E-state index in [-0.39, 0.29) is 47.5 Å². The van der Waals surface area contributed by atoms with Gasteiger partial charge in [-0.25, -0.2) is 4.39 Å². The molecule has 1 aliphatic carbocycles. The SMILES string of the molecule is CNC(C)C(=O)NC(C(=O)N1CCC2C1C(c1c[nH]c3cc(F)ccc13)CN2C(=O)Cc1ccccc1)C1CCCCC1. The zero-order valence-corrected chi connectivity index (χ0v) is 25.0. The van der Waals surface area contributed by atoms with Crippen molar-refractivity contribution in [1.82, 2.24) is 25.4 Å². The van der Waals surface area contributed by atoms with E-state index in [9.17, 15) is 18.8 Å². The predicted octanol–water partition coefficient (Wildman–Crippen LogP) is 4.12. The summed E-state index contributed by atoms with van der Waals surface area (Å²) in [6, 6.07) is 13.1. The van der Waals surface area contributed by atoms with Gasteiger partial charge in [0.15, 0.2) is 0 Å². The minimum Gasteiger partial charge on any atom is -0.361 e. The molecule has 3 amide bonds. The average molecular weight is 588 g/mol. The Morgan fingerprint density at radius 2 is 1.79 bits per heavy atom. The van der Waals surface area contributed by atoms with E-state index >= 15 is 0 Å². The van der Waals surface area contributed by atoms with Crippen molar-refractivity contribution in [2.75, 3.05) is 20.1 Å². The van der Waals surface area contributed by atoms with Crippen LogP contribution < -0.4 is 10.6 Å². The molecule has 0 spiro atoms. The molecule has 3 aliphatic rings. The van der Waals surface area contributed by atoms with Crippen LogP contribution in [0, 0.1) is 11.7 Å². The third kappa shape index (κ3) is 5.79. The number of amides is 3. The first kappa shape index (κ1) is 29.4. The molecular formula is C34H42FN5O3. The molecule has 5 atom stereocenters. The van der Waals surface area contributed by atoms with E-state index in [2.05, 4.69) is 15.6 Å². The molecule has 2 saturated heterocycles. The van der Waals surface area contributed by atoms with E-state index in [1.165, 1.54) is 12.1 Å². The van der Waals surface area contributed by atoms with Gasteiger partial charge in [0.05, 0.1) is 24.5 Å². The van der Waals surface area contributed by atoms with E-state index in [1.807, 2.05) is 46.3 Å². The van der Waals surface area contributed by atoms with Gasteiger partial charge in [0.25, 0.3) is 0 Å². The van der Waals surface area contributed by atoms with Gasteiger partial charge in [0.1, 0.15) is 11.9 Å². The van der Waals surface area contributed by atoms with Crippen molar-refractivity contribution in [3.63, 3.8) is 0 Å². The Hall–Kier alpha value is -3.72. The highest BCUT2D eigenvalue weighted by molar-refractivity contribution is 5.91. The quantitative estimate of drug-likeness (QED) is 0.370. The summed E-state index contributed by atoms with van der Waals surface area (Å²) in [5.41, 5.74) is 2.64. The summed E-state index contributed by atoms with van der Waals surface area (Å²) >= 11 is 0. The number of carbonyl (C=O) groups is 3. The number of nitrogens with zero attached hydrogens (tertiary/aromatic N) is 2. The molecule has 43 heavy (non-hydrogen) atoms. The van der Waals surface area contributed by atoms with E-state index < -0.39 is 12.1 Å². The zero-order chi connectivity index (χ0) is 30.1. The first-order valence-corrected chi connectivity index (χ1v) is 15.7. The molecule has 0 bridgehead atoms. The standard InChI is InChI=1S/C34H42FN5O3/c1-21(36-2)33(42)38-31(23-11-7-4-8-12-23)34(43)39-16-15-29-32(39)27(26-19-37-28-18-24(35)13-14-25(26)28)20-40(29)30(41)17-22-9-5-3-6-10-22/h3,5-6,9-10,13-14,18-19,21,23,27,29,31-32,36-37H,4,7-8,11-12,15-17,20H2,1-2H3,(H,38,42). The van der Waals surface area contributed by atoms with E-state index in [0.29, 0.717) is 31.4 Å². The average Bonchev–Trinajstić information content (AvgIpc) is 3.74. The Morgan fingerprint density at radius 3 is 2.53 bits per heavy atom. The molecule has 3 heterocycles. The molecule has 5 unspecified atom stereocenters. The molecule has 3 fully saturated rings. The van der Waals surface area contributed by atoms with Crippen molar-refractivity contribution in [2.24, 2.45) is 5.92 Å². The molecule has 3 aromatic rings. The highest BCUT2D eigenvalue weighted by Gasteiger charge is 2.53. The number of likely N-dealkylation sites (tertiary alicyclic amines) is 2. The molecule has 2 aromatic carbocycles. The van der Waals surface area contributed by atoms with Crippen molar-refractivity contribution in [3.8, 4) is 0 Å². The zero-order valence-electron chi connectivity index (χ0n) is 25.0. The number of H-pyrrole nitrogens is 1. The fourth-order valence-electron chi connectivity index (χ4n) is 7.64. The maximum absolute atomic E-state index is 14.6. The van der Waals surface area contributed by atoms with Gasteiger partial charge in [-0.3, -0.25) is 14.4 Å². The van der Waals surface area contributed by atoms with Crippen molar-refractivity contribution in [1.29, 1.82) is 0 Å². The van der Waals surface area contributed by atoms with Crippen LogP contribution in [-0.4, -0.2) is 76.8 Å². The van der Waals surface area contributed by atoms with Crippen LogP contribution in [0.1, 0.15) is 62.5 Å². The fourth-order valence-corrected chi connectivity index (χ4v) is 7.64. The second-order valence-corrected chi connectivity index (χ2v) is 12.5. The van der Waals surface area contributed by atoms with Gasteiger partial charge in [0, 0.05) is 36.1 Å². The van der Waals surface area contributed by atoms with Crippen LogP contribution in [0.4, 0.5) is 4.39 Å². The monoisotopic (exact) mass is 587 g/mol. The molecule has 6 rings (SSSR count). The van der Waals surface area contributed by atoms with Gasteiger partial charge in [-0.1, -0.05) is 49.6 Å². The van der Waals surface area contributed by atoms with Crippen LogP contribution in [0.25, 0.3) is 10.9 Å². The Labute approximate surface area is 252 Å². The summed E-state index contributed by atoms with van der Waals surface area (Å²) in [5, 5.41) is 7.02. The van der Waals surface area contributed by atoms with Crippen LogP contribution >= 0.6 is 0 Å². The molecular weight excluding hydrogens is 545 g/mol. The fraction of sp³-hybridized carbons (Fsp3) is 0.500. The largest absolute Gasteiger partial charge is 0.361 e. The molecule has 8 nitrogen and oxygen atoms in total. The number of benzene rings is 2. The topological polar surface area (TPSA) is 97.5 Å². The number of fused-ring (bicyclic) bond motifs is 2. The lowest BCUT2D eigenvalue weighted by molar-refractivity contribution is -0.140. The van der Waals surface area contributed by atoms with Crippen LogP contribution in [0.2, 0.25) is 0 Å². The normalized spacial score (nSPS) is 23.7. The Balaban J connectivity index is 1.34. The first-order chi connectivity index (χ1) is 20.9. The lowest BCUT2D eigenvalue weighted by Gasteiger charge is -2.36. The maximum Gasteiger partial charge on any atom is 0.245 e. The summed E-state index contributed by atoms with van der Waals surface area (Å²) in [6.07, 6.45) is 7.95. The Morgan fingerprint density at radius 1 is 1.02 bits per heavy atom. The summed E-state index contributed by atoms with van der Waals surface area (Å²) in [6.45, 7) is 2.80. The summed E-state index contributed by atoms with van der Waals surface area (Å²) in [7, 11) is 1.74. The van der Waals surface area contributed by atoms with Gasteiger partial charge in [-0.2, -0.15) is 0 Å². The number of nitrogens with one attached hydrogen (secondary N) is 3. The van der Waals surface area contributed by atoms with Gasteiger partial charge in [-0.15, -0.1) is 0 Å². The maximum atomic E-state index is 14.6. The summed E-state index contributed by atoms with van der Waals surface area (Å²) < 4.78 is 14.1. The Kier molecular flexibility index (Phi) is 8.52. The lowest BCUT2D eigenvalue weighted by atomic mass is 9.82. The minimum absolute atomic E-state index is 0.0452. The molecule has 1 saturated carbocycles. The third-order valence-corrected chi connectivity index (χ3v) is 10.0. The predicted molar refractivity (Wildman–Crippen MR) is 164 cm³/mol. The van der Waals surface area contributed by atoms with Crippen molar-refractivity contribution < 1.29 is 18.8 Å². The van der Waals surface area contributed by atoms with Gasteiger partial charge >= 0.3 is 0 Å². The minimum atomic E-state index is -0.603. The smallest absolute Gasteiger partial charge is 0.245 e. The summed E-state index contributed by atoms with van der Waals surface area (Å²) in [4.78, 5) is 48.6. The first-order valence-electron chi connectivity index (χ1n) is 15.7. The van der Waals surface area contributed by atoms with E-state index in [0.717, 1.165) is 48.6 Å². The highest BCUT2D eigenvalue weighted by Crippen LogP contribution is 2.44. The molecule has 3 N–H and O–H groups in total. The van der Waals surface area contributed by atoms with Crippen molar-refractivity contribution >= 4 is 28.6 Å². The number of likely N-dealkylation sites (N-methyl/N-ethyl adjacent to an activating group) is 1. The van der Waals surface area contributed by atoms with E-state index in [1.54, 1.807) is 20.0 Å². The van der Waals surface area contributed by atoms with Crippen LogP contribution in [-0.2, 0) is 20.8 Å². The second-order valence-electron chi connectivity index (χ2n) is 12.5. The molecule has 0 radical (unpaired) electrons. The van der Waals surface area contributed by atoms with Crippen molar-refractivity contribution in [3.05, 3.63) is 71.7 Å². The number of hydrogen-bond acceptors (Lipinski definition) is 4. The molecule has 9 heteroatoms. The summed E-state index contributed by atoms with van der Waals surface area (Å²) in [5.74, 6) is -0.560. The van der Waals surface area contributed by atoms with Gasteiger partial charge < -0.3 is 25.4 Å². The number of carbonyl (C=O) groups excluding carboxylic acids is 3. The van der Waals surface area contributed by atoms with Crippen LogP contribution in [0.5, 0.6) is 0 Å². The number of aromatic amines is 1. The van der Waals surface area contributed by atoms with Crippen LogP contribution in [0.3, 0.4) is 0 Å². The van der Waals surface area contributed by atoms with Crippen LogP contribution in [0.15, 0.2) is 54.7 Å². The second kappa shape index (κ2) is 12.5. The third-order valence-electron chi connectivity index (χ3n) is 10.0. The van der Waals surface area contributed by atoms with Gasteiger partial charge in [0.2, 0.25) is 17.7 Å². The number of aromatic nitrogens is 1. The molecule has 228 valence electrons. The number of rotatable bonds is 8. The van der Waals surface area contributed by atoms with Gasteiger partial charge in [-0.05, 0) is 68.5 Å².